The molecule has 1 atom stereocenters. The molecule has 0 spiro atoms. The fourth-order valence-corrected chi connectivity index (χ4v) is 2.52. The molecule has 5 nitrogen and oxygen atoms in total. The lowest BCUT2D eigenvalue weighted by Crippen LogP contribution is -2.29. The molecule has 2 N–H and O–H groups in total. The third-order valence-electron chi connectivity index (χ3n) is 3.93. The molecule has 0 bridgehead atoms. The third kappa shape index (κ3) is 3.53. The van der Waals surface area contributed by atoms with Crippen molar-refractivity contribution in [3.05, 3.63) is 23.4 Å². The van der Waals surface area contributed by atoms with Gasteiger partial charge in [-0.05, 0) is 18.6 Å². The summed E-state index contributed by atoms with van der Waals surface area (Å²) in [6.07, 6.45) is 0.873. The predicted octanol–water partition coefficient (Wildman–Crippen LogP) is 1.88. The number of pyridine rings is 1. The minimum Gasteiger partial charge on any atom is -0.396 e. The second kappa shape index (κ2) is 6.02. The summed E-state index contributed by atoms with van der Waals surface area (Å²) in [6.45, 7) is 7.75. The molecule has 0 aliphatic carbocycles. The zero-order valence-corrected chi connectivity index (χ0v) is 13.3. The number of carbonyl (C=O) groups excluding carboxylic acids is 1. The number of anilines is 1. The van der Waals surface area contributed by atoms with Gasteiger partial charge in [-0.15, -0.1) is 0 Å². The standard InChI is InChI=1S/C16H25N3O2/c1-16(2,3)13-7-12(8-14(17-4)18-13)15(21)19-6-5-11(9-19)10-20/h7-8,11,20H,5-6,9-10H2,1-4H3,(H,17,18). The molecule has 2 rings (SSSR count). The first kappa shape index (κ1) is 15.8. The number of likely N-dealkylation sites (tertiary alicyclic amines) is 1. The summed E-state index contributed by atoms with van der Waals surface area (Å²) in [6, 6.07) is 3.68. The number of nitrogens with zero attached hydrogens (tertiary/aromatic N) is 2. The molecule has 1 aromatic rings. The van der Waals surface area contributed by atoms with Crippen LogP contribution in [0.2, 0.25) is 0 Å². The summed E-state index contributed by atoms with van der Waals surface area (Å²) in [7, 11) is 1.81. The van der Waals surface area contributed by atoms with Gasteiger partial charge in [0.05, 0.1) is 0 Å². The van der Waals surface area contributed by atoms with Gasteiger partial charge in [0.2, 0.25) is 0 Å². The lowest BCUT2D eigenvalue weighted by molar-refractivity contribution is 0.0781. The Morgan fingerprint density at radius 2 is 2.19 bits per heavy atom. The zero-order chi connectivity index (χ0) is 15.6. The molecule has 1 aliphatic rings. The van der Waals surface area contributed by atoms with Gasteiger partial charge in [0, 0.05) is 49.3 Å². The Hall–Kier alpha value is -1.62. The van der Waals surface area contributed by atoms with Crippen molar-refractivity contribution in [1.82, 2.24) is 9.88 Å². The number of hydrogen-bond acceptors (Lipinski definition) is 4. The number of aliphatic hydroxyl groups excluding tert-OH is 1. The van der Waals surface area contributed by atoms with Gasteiger partial charge in [0.25, 0.3) is 5.91 Å². The first-order valence-corrected chi connectivity index (χ1v) is 7.45. The highest BCUT2D eigenvalue weighted by molar-refractivity contribution is 5.95. The fourth-order valence-electron chi connectivity index (χ4n) is 2.52. The van der Waals surface area contributed by atoms with Gasteiger partial charge >= 0.3 is 0 Å². The molecule has 2 heterocycles. The van der Waals surface area contributed by atoms with Crippen LogP contribution in [0.5, 0.6) is 0 Å². The van der Waals surface area contributed by atoms with Gasteiger partial charge in [0.1, 0.15) is 5.82 Å². The molecule has 1 aromatic heterocycles. The molecule has 1 saturated heterocycles. The number of hydrogen-bond donors (Lipinski definition) is 2. The van der Waals surface area contributed by atoms with E-state index >= 15 is 0 Å². The topological polar surface area (TPSA) is 65.5 Å². The van der Waals surface area contributed by atoms with Crippen LogP contribution in [0.1, 0.15) is 43.2 Å². The van der Waals surface area contributed by atoms with Crippen molar-refractivity contribution in [3.8, 4) is 0 Å². The predicted molar refractivity (Wildman–Crippen MR) is 83.6 cm³/mol. The Labute approximate surface area is 126 Å². The van der Waals surface area contributed by atoms with Crippen LogP contribution in [0.4, 0.5) is 5.82 Å². The van der Waals surface area contributed by atoms with E-state index in [1.54, 1.807) is 13.1 Å². The van der Waals surface area contributed by atoms with Gasteiger partial charge in [-0.2, -0.15) is 0 Å². The summed E-state index contributed by atoms with van der Waals surface area (Å²) in [4.78, 5) is 19.0. The number of aromatic nitrogens is 1. The van der Waals surface area contributed by atoms with E-state index in [0.29, 0.717) is 24.5 Å². The van der Waals surface area contributed by atoms with Crippen molar-refractivity contribution in [3.63, 3.8) is 0 Å². The number of nitrogens with one attached hydrogen (secondary N) is 1. The highest BCUT2D eigenvalue weighted by Crippen LogP contribution is 2.25. The number of aliphatic hydroxyl groups is 1. The monoisotopic (exact) mass is 291 g/mol. The van der Waals surface area contributed by atoms with Crippen LogP contribution in [-0.4, -0.2) is 47.6 Å². The van der Waals surface area contributed by atoms with Crippen molar-refractivity contribution >= 4 is 11.7 Å². The van der Waals surface area contributed by atoms with Crippen LogP contribution in [-0.2, 0) is 5.41 Å². The molecule has 1 aliphatic heterocycles. The van der Waals surface area contributed by atoms with Gasteiger partial charge in [-0.1, -0.05) is 20.8 Å². The average Bonchev–Trinajstić information content (AvgIpc) is 2.93. The summed E-state index contributed by atoms with van der Waals surface area (Å²) in [5.41, 5.74) is 1.45. The van der Waals surface area contributed by atoms with Crippen molar-refractivity contribution < 1.29 is 9.90 Å². The molecular weight excluding hydrogens is 266 g/mol. The van der Waals surface area contributed by atoms with Crippen LogP contribution in [0.15, 0.2) is 12.1 Å². The number of amides is 1. The highest BCUT2D eigenvalue weighted by Gasteiger charge is 2.27. The first-order valence-electron chi connectivity index (χ1n) is 7.45. The molecule has 0 saturated carbocycles. The second-order valence-corrected chi connectivity index (χ2v) is 6.71. The molecule has 1 unspecified atom stereocenters. The van der Waals surface area contributed by atoms with Crippen molar-refractivity contribution in [2.75, 3.05) is 32.1 Å². The average molecular weight is 291 g/mol. The lowest BCUT2D eigenvalue weighted by atomic mass is 9.90. The van der Waals surface area contributed by atoms with E-state index < -0.39 is 0 Å². The van der Waals surface area contributed by atoms with Gasteiger partial charge < -0.3 is 15.3 Å². The lowest BCUT2D eigenvalue weighted by Gasteiger charge is -2.21. The molecule has 21 heavy (non-hydrogen) atoms. The largest absolute Gasteiger partial charge is 0.396 e. The highest BCUT2D eigenvalue weighted by atomic mass is 16.3. The van der Waals surface area contributed by atoms with E-state index in [9.17, 15) is 9.90 Å². The smallest absolute Gasteiger partial charge is 0.254 e. The van der Waals surface area contributed by atoms with E-state index in [4.69, 9.17) is 0 Å². The minimum atomic E-state index is -0.111. The van der Waals surface area contributed by atoms with Crippen molar-refractivity contribution in [2.24, 2.45) is 5.92 Å². The zero-order valence-electron chi connectivity index (χ0n) is 13.3. The summed E-state index contributed by atoms with van der Waals surface area (Å²) in [5.74, 6) is 0.945. The summed E-state index contributed by atoms with van der Waals surface area (Å²) < 4.78 is 0. The Morgan fingerprint density at radius 3 is 2.71 bits per heavy atom. The molecule has 1 amide bonds. The van der Waals surface area contributed by atoms with Crippen LogP contribution in [0.25, 0.3) is 0 Å². The van der Waals surface area contributed by atoms with Crippen molar-refractivity contribution in [1.29, 1.82) is 0 Å². The van der Waals surface area contributed by atoms with Gasteiger partial charge in [-0.25, -0.2) is 4.98 Å². The Bertz CT molecular complexity index is 523. The number of carbonyl (C=O) groups is 1. The molecule has 0 aromatic carbocycles. The normalized spacial score (nSPS) is 18.9. The molecular formula is C16H25N3O2. The quantitative estimate of drug-likeness (QED) is 0.892. The first-order chi connectivity index (χ1) is 9.85. The van der Waals surface area contributed by atoms with Gasteiger partial charge in [-0.3, -0.25) is 4.79 Å². The van der Waals surface area contributed by atoms with Gasteiger partial charge in [0.15, 0.2) is 0 Å². The SMILES string of the molecule is CNc1cc(C(=O)N2CCC(CO)C2)cc(C(C)(C)C)n1. The third-order valence-corrected chi connectivity index (χ3v) is 3.93. The van der Waals surface area contributed by atoms with E-state index in [1.807, 2.05) is 11.0 Å². The molecule has 116 valence electrons. The minimum absolute atomic E-state index is 0.0235. The summed E-state index contributed by atoms with van der Waals surface area (Å²) >= 11 is 0. The van der Waals surface area contributed by atoms with Crippen LogP contribution >= 0.6 is 0 Å². The van der Waals surface area contributed by atoms with Crippen molar-refractivity contribution in [2.45, 2.75) is 32.6 Å². The maximum absolute atomic E-state index is 12.6. The Morgan fingerprint density at radius 1 is 1.48 bits per heavy atom. The summed E-state index contributed by atoms with van der Waals surface area (Å²) in [5, 5.41) is 12.2. The maximum atomic E-state index is 12.6. The Kier molecular flexibility index (Phi) is 4.52. The van der Waals surface area contributed by atoms with E-state index in [2.05, 4.69) is 31.1 Å². The molecule has 1 fully saturated rings. The molecule has 0 radical (unpaired) electrons. The maximum Gasteiger partial charge on any atom is 0.254 e. The fraction of sp³-hybridized carbons (Fsp3) is 0.625. The molecule has 5 heteroatoms. The van der Waals surface area contributed by atoms with E-state index in [1.165, 1.54) is 0 Å². The second-order valence-electron chi connectivity index (χ2n) is 6.71. The number of rotatable bonds is 3. The van der Waals surface area contributed by atoms with E-state index in [-0.39, 0.29) is 23.8 Å². The van der Waals surface area contributed by atoms with Crippen LogP contribution < -0.4 is 5.32 Å². The van der Waals surface area contributed by atoms with Crippen LogP contribution in [0, 0.1) is 5.92 Å². The Balaban J connectivity index is 2.28. The van der Waals surface area contributed by atoms with Crippen LogP contribution in [0.3, 0.4) is 0 Å². The van der Waals surface area contributed by atoms with E-state index in [0.717, 1.165) is 12.1 Å².